The molecule has 0 bridgehead atoms. The van der Waals surface area contributed by atoms with Crippen LogP contribution in [0.25, 0.3) is 10.9 Å². The van der Waals surface area contributed by atoms with Crippen molar-refractivity contribution in [2.24, 2.45) is 0 Å². The first-order chi connectivity index (χ1) is 8.86. The molecule has 2 aromatic rings. The third-order valence-electron chi connectivity index (χ3n) is 2.71. The van der Waals surface area contributed by atoms with Gasteiger partial charge in [-0.15, -0.1) is 0 Å². The van der Waals surface area contributed by atoms with Crippen molar-refractivity contribution < 1.29 is 4.74 Å². The lowest BCUT2D eigenvalue weighted by Crippen LogP contribution is -2.27. The van der Waals surface area contributed by atoms with Crippen molar-refractivity contribution in [3.63, 3.8) is 0 Å². The fourth-order valence-corrected chi connectivity index (χ4v) is 2.72. The monoisotopic (exact) mass is 261 g/mol. The number of nitriles is 1. The average molecular weight is 261 g/mol. The van der Waals surface area contributed by atoms with Gasteiger partial charge in [0.1, 0.15) is 5.00 Å². The largest absolute Gasteiger partial charge is 0.383 e. The van der Waals surface area contributed by atoms with E-state index in [1.54, 1.807) is 7.11 Å². The molecule has 0 spiro atoms. The van der Waals surface area contributed by atoms with Crippen LogP contribution in [0.15, 0.2) is 24.3 Å². The molecule has 0 aliphatic rings. The fraction of sp³-hybridized carbons (Fsp3) is 0.385. The zero-order chi connectivity index (χ0) is 12.8. The molecule has 0 radical (unpaired) electrons. The molecule has 0 saturated heterocycles. The first kappa shape index (κ1) is 12.8. The highest BCUT2D eigenvalue weighted by Crippen LogP contribution is 2.30. The van der Waals surface area contributed by atoms with E-state index in [2.05, 4.69) is 21.4 Å². The van der Waals surface area contributed by atoms with E-state index in [1.807, 2.05) is 18.2 Å². The molecule has 0 aliphatic heterocycles. The number of hydrogen-bond donors (Lipinski definition) is 0. The Kier molecular flexibility index (Phi) is 4.51. The van der Waals surface area contributed by atoms with Gasteiger partial charge >= 0.3 is 0 Å². The van der Waals surface area contributed by atoms with Gasteiger partial charge in [0.05, 0.1) is 24.6 Å². The van der Waals surface area contributed by atoms with Gasteiger partial charge in [-0.25, -0.2) is 0 Å². The summed E-state index contributed by atoms with van der Waals surface area (Å²) in [6, 6.07) is 10.3. The molecule has 0 fully saturated rings. The van der Waals surface area contributed by atoms with Crippen LogP contribution >= 0.6 is 11.5 Å². The Morgan fingerprint density at radius 3 is 3.00 bits per heavy atom. The van der Waals surface area contributed by atoms with Gasteiger partial charge in [0.15, 0.2) is 0 Å². The maximum atomic E-state index is 8.73. The van der Waals surface area contributed by atoms with Crippen molar-refractivity contribution in [2.45, 2.75) is 6.42 Å². The van der Waals surface area contributed by atoms with Crippen LogP contribution in [-0.4, -0.2) is 31.2 Å². The number of nitrogens with zero attached hydrogens (tertiary/aromatic N) is 3. The highest BCUT2D eigenvalue weighted by atomic mass is 32.1. The van der Waals surface area contributed by atoms with E-state index in [0.717, 1.165) is 22.4 Å². The molecule has 5 heteroatoms. The van der Waals surface area contributed by atoms with Crippen LogP contribution < -0.4 is 4.90 Å². The van der Waals surface area contributed by atoms with Gasteiger partial charge in [0, 0.05) is 25.6 Å². The lowest BCUT2D eigenvalue weighted by Gasteiger charge is -2.21. The van der Waals surface area contributed by atoms with Crippen LogP contribution in [0.1, 0.15) is 6.42 Å². The van der Waals surface area contributed by atoms with E-state index in [9.17, 15) is 0 Å². The van der Waals surface area contributed by atoms with Crippen molar-refractivity contribution in [3.8, 4) is 6.07 Å². The molecule has 0 unspecified atom stereocenters. The third-order valence-corrected chi connectivity index (χ3v) is 3.65. The van der Waals surface area contributed by atoms with Crippen molar-refractivity contribution >= 4 is 27.4 Å². The second-order valence-corrected chi connectivity index (χ2v) is 4.64. The smallest absolute Gasteiger partial charge is 0.120 e. The number of anilines is 1. The Morgan fingerprint density at radius 1 is 1.39 bits per heavy atom. The maximum Gasteiger partial charge on any atom is 0.120 e. The molecule has 1 heterocycles. The number of hydrogen-bond acceptors (Lipinski definition) is 5. The summed E-state index contributed by atoms with van der Waals surface area (Å²) in [5.74, 6) is 0. The Balaban J connectivity index is 2.26. The van der Waals surface area contributed by atoms with E-state index >= 15 is 0 Å². The van der Waals surface area contributed by atoms with Crippen molar-refractivity contribution in [1.82, 2.24) is 4.37 Å². The van der Waals surface area contributed by atoms with E-state index in [1.165, 1.54) is 11.5 Å². The standard InChI is InChI=1S/C13H15N3OS/c1-17-10-9-16(8-4-7-14)13-11-5-2-3-6-12(11)15-18-13/h2-3,5-6H,4,8-10H2,1H3. The van der Waals surface area contributed by atoms with E-state index < -0.39 is 0 Å². The van der Waals surface area contributed by atoms with Gasteiger partial charge in [-0.2, -0.15) is 9.64 Å². The summed E-state index contributed by atoms with van der Waals surface area (Å²) in [6.07, 6.45) is 0.510. The summed E-state index contributed by atoms with van der Waals surface area (Å²) in [5, 5.41) is 11.0. The summed E-state index contributed by atoms with van der Waals surface area (Å²) in [7, 11) is 1.69. The van der Waals surface area contributed by atoms with Gasteiger partial charge in [0.25, 0.3) is 0 Å². The first-order valence-corrected chi connectivity index (χ1v) is 6.59. The Labute approximate surface area is 111 Å². The molecule has 4 nitrogen and oxygen atoms in total. The molecule has 1 aromatic heterocycles. The minimum atomic E-state index is 0.510. The molecule has 0 amide bonds. The number of ether oxygens (including phenoxy) is 1. The van der Waals surface area contributed by atoms with Crippen molar-refractivity contribution in [1.29, 1.82) is 5.26 Å². The van der Waals surface area contributed by atoms with Crippen molar-refractivity contribution in [3.05, 3.63) is 24.3 Å². The van der Waals surface area contributed by atoms with Crippen LogP contribution in [-0.2, 0) is 4.74 Å². The molecular formula is C13H15N3OS. The average Bonchev–Trinajstić information content (AvgIpc) is 2.83. The van der Waals surface area contributed by atoms with Gasteiger partial charge < -0.3 is 9.64 Å². The van der Waals surface area contributed by atoms with E-state index in [-0.39, 0.29) is 0 Å². The SMILES string of the molecule is COCCN(CCC#N)c1snc2ccccc12. The number of aromatic nitrogens is 1. The van der Waals surface area contributed by atoms with Crippen LogP contribution in [0, 0.1) is 11.3 Å². The Morgan fingerprint density at radius 2 is 2.22 bits per heavy atom. The summed E-state index contributed by atoms with van der Waals surface area (Å²) in [4.78, 5) is 2.17. The predicted octanol–water partition coefficient (Wildman–Crippen LogP) is 2.66. The second-order valence-electron chi connectivity index (χ2n) is 3.89. The lowest BCUT2D eigenvalue weighted by molar-refractivity contribution is 0.205. The van der Waals surface area contributed by atoms with E-state index in [4.69, 9.17) is 10.00 Å². The summed E-state index contributed by atoms with van der Waals surface area (Å²) in [6.45, 7) is 2.15. The van der Waals surface area contributed by atoms with Gasteiger partial charge in [0.2, 0.25) is 0 Å². The normalized spacial score (nSPS) is 10.4. The van der Waals surface area contributed by atoms with Gasteiger partial charge in [-0.05, 0) is 23.7 Å². The minimum Gasteiger partial charge on any atom is -0.383 e. The molecule has 0 saturated carbocycles. The zero-order valence-electron chi connectivity index (χ0n) is 10.3. The molecule has 18 heavy (non-hydrogen) atoms. The quantitative estimate of drug-likeness (QED) is 0.802. The summed E-state index contributed by atoms with van der Waals surface area (Å²) < 4.78 is 9.55. The zero-order valence-corrected chi connectivity index (χ0v) is 11.1. The summed E-state index contributed by atoms with van der Waals surface area (Å²) >= 11 is 1.48. The van der Waals surface area contributed by atoms with Crippen LogP contribution in [0.3, 0.4) is 0 Å². The molecule has 1 aromatic carbocycles. The fourth-order valence-electron chi connectivity index (χ4n) is 1.81. The number of rotatable bonds is 6. The van der Waals surface area contributed by atoms with E-state index in [0.29, 0.717) is 19.6 Å². The third kappa shape index (κ3) is 2.78. The predicted molar refractivity (Wildman–Crippen MR) is 73.9 cm³/mol. The van der Waals surface area contributed by atoms with Gasteiger partial charge in [-0.1, -0.05) is 12.1 Å². The molecule has 94 valence electrons. The minimum absolute atomic E-state index is 0.510. The highest BCUT2D eigenvalue weighted by molar-refractivity contribution is 7.11. The molecular weight excluding hydrogens is 246 g/mol. The number of methoxy groups -OCH3 is 1. The van der Waals surface area contributed by atoms with Crippen LogP contribution in [0.4, 0.5) is 5.00 Å². The molecule has 0 atom stereocenters. The molecule has 0 aliphatic carbocycles. The number of fused-ring (bicyclic) bond motifs is 1. The van der Waals surface area contributed by atoms with Crippen LogP contribution in [0.5, 0.6) is 0 Å². The number of benzene rings is 1. The van der Waals surface area contributed by atoms with Gasteiger partial charge in [-0.3, -0.25) is 0 Å². The first-order valence-electron chi connectivity index (χ1n) is 5.82. The Bertz CT molecular complexity index is 546. The second kappa shape index (κ2) is 6.34. The molecule has 2 rings (SSSR count). The lowest BCUT2D eigenvalue weighted by atomic mass is 10.2. The van der Waals surface area contributed by atoms with Crippen molar-refractivity contribution in [2.75, 3.05) is 31.7 Å². The van der Waals surface area contributed by atoms with Crippen LogP contribution in [0.2, 0.25) is 0 Å². The highest BCUT2D eigenvalue weighted by Gasteiger charge is 2.12. The topological polar surface area (TPSA) is 49.1 Å². The Hall–Kier alpha value is -1.64. The maximum absolute atomic E-state index is 8.73. The summed E-state index contributed by atoms with van der Waals surface area (Å²) in [5.41, 5.74) is 1.01. The molecule has 0 N–H and O–H groups in total.